The Morgan fingerprint density at radius 2 is 1.96 bits per heavy atom. The summed E-state index contributed by atoms with van der Waals surface area (Å²) < 4.78 is 10.1. The number of thioether (sulfide) groups is 1. The van der Waals surface area contributed by atoms with Crippen LogP contribution in [0.5, 0.6) is 5.75 Å². The van der Waals surface area contributed by atoms with E-state index in [4.69, 9.17) is 9.47 Å². The summed E-state index contributed by atoms with van der Waals surface area (Å²) >= 11 is 1.31. The number of aryl methyl sites for hydroxylation is 1. The van der Waals surface area contributed by atoms with Crippen molar-refractivity contribution in [1.29, 1.82) is 0 Å². The van der Waals surface area contributed by atoms with Gasteiger partial charge in [0.25, 0.3) is 11.6 Å². The SMILES string of the molecule is COc1ccc(NC(=O)[C@H](C)OC(=O)CSc2ccccc2C)c([N+](=O)[O-])c1. The van der Waals surface area contributed by atoms with E-state index < -0.39 is 22.9 Å². The molecule has 1 atom stereocenters. The first-order chi connectivity index (χ1) is 13.3. The van der Waals surface area contributed by atoms with Gasteiger partial charge in [-0.05, 0) is 37.6 Å². The summed E-state index contributed by atoms with van der Waals surface area (Å²) in [6.07, 6.45) is -1.10. The van der Waals surface area contributed by atoms with Gasteiger partial charge in [0.2, 0.25) is 0 Å². The van der Waals surface area contributed by atoms with Gasteiger partial charge in [0.05, 0.1) is 23.9 Å². The minimum absolute atomic E-state index is 0.00650. The van der Waals surface area contributed by atoms with Crippen LogP contribution in [-0.4, -0.2) is 35.8 Å². The van der Waals surface area contributed by atoms with E-state index in [1.54, 1.807) is 0 Å². The van der Waals surface area contributed by atoms with E-state index in [0.717, 1.165) is 10.5 Å². The molecule has 2 aromatic rings. The summed E-state index contributed by atoms with van der Waals surface area (Å²) in [4.78, 5) is 35.8. The molecule has 1 amide bonds. The van der Waals surface area contributed by atoms with Crippen molar-refractivity contribution in [2.45, 2.75) is 24.8 Å². The van der Waals surface area contributed by atoms with Gasteiger partial charge in [-0.25, -0.2) is 0 Å². The van der Waals surface area contributed by atoms with Crippen molar-refractivity contribution in [3.8, 4) is 5.75 Å². The van der Waals surface area contributed by atoms with Crippen molar-refractivity contribution in [3.63, 3.8) is 0 Å². The second-order valence-electron chi connectivity index (χ2n) is 5.82. The molecule has 0 fully saturated rings. The van der Waals surface area contributed by atoms with Gasteiger partial charge in [0, 0.05) is 4.90 Å². The van der Waals surface area contributed by atoms with E-state index in [-0.39, 0.29) is 22.9 Å². The smallest absolute Gasteiger partial charge is 0.317 e. The lowest BCUT2D eigenvalue weighted by Crippen LogP contribution is -2.30. The Labute approximate surface area is 166 Å². The van der Waals surface area contributed by atoms with Gasteiger partial charge in [0.1, 0.15) is 11.4 Å². The molecule has 2 aromatic carbocycles. The number of ether oxygens (including phenoxy) is 2. The lowest BCUT2D eigenvalue weighted by Gasteiger charge is -2.14. The van der Waals surface area contributed by atoms with Gasteiger partial charge in [-0.3, -0.25) is 19.7 Å². The number of esters is 1. The summed E-state index contributed by atoms with van der Waals surface area (Å²) in [6, 6.07) is 11.7. The van der Waals surface area contributed by atoms with Crippen LogP contribution < -0.4 is 10.1 Å². The Balaban J connectivity index is 1.95. The van der Waals surface area contributed by atoms with Crippen LogP contribution >= 0.6 is 11.8 Å². The molecule has 2 rings (SSSR count). The monoisotopic (exact) mass is 404 g/mol. The number of anilines is 1. The molecular weight excluding hydrogens is 384 g/mol. The lowest BCUT2D eigenvalue weighted by atomic mass is 10.2. The van der Waals surface area contributed by atoms with E-state index in [0.29, 0.717) is 0 Å². The maximum absolute atomic E-state index is 12.3. The normalized spacial score (nSPS) is 11.4. The zero-order valence-corrected chi connectivity index (χ0v) is 16.4. The van der Waals surface area contributed by atoms with Crippen molar-refractivity contribution < 1.29 is 24.0 Å². The van der Waals surface area contributed by atoms with Crippen LogP contribution in [0.4, 0.5) is 11.4 Å². The number of hydrogen-bond donors (Lipinski definition) is 1. The summed E-state index contributed by atoms with van der Waals surface area (Å²) in [5.41, 5.74) is 0.715. The Hall–Kier alpha value is -3.07. The number of nitrogens with zero attached hydrogens (tertiary/aromatic N) is 1. The maximum Gasteiger partial charge on any atom is 0.317 e. The standard InChI is InChI=1S/C19H20N2O6S/c1-12-6-4-5-7-17(12)28-11-18(22)27-13(2)19(23)20-15-9-8-14(26-3)10-16(15)21(24)25/h4-10,13H,11H2,1-3H3,(H,20,23)/t13-/m0/s1. The fourth-order valence-corrected chi connectivity index (χ4v) is 3.08. The molecule has 0 aliphatic carbocycles. The van der Waals surface area contributed by atoms with Gasteiger partial charge < -0.3 is 14.8 Å². The second-order valence-corrected chi connectivity index (χ2v) is 6.83. The predicted molar refractivity (Wildman–Crippen MR) is 106 cm³/mol. The number of nitro benzene ring substituents is 1. The third-order valence-corrected chi connectivity index (χ3v) is 4.93. The Morgan fingerprint density at radius 3 is 2.61 bits per heavy atom. The van der Waals surface area contributed by atoms with Crippen LogP contribution in [0.3, 0.4) is 0 Å². The van der Waals surface area contributed by atoms with E-state index >= 15 is 0 Å². The van der Waals surface area contributed by atoms with Gasteiger partial charge in [-0.1, -0.05) is 18.2 Å². The van der Waals surface area contributed by atoms with Crippen molar-refractivity contribution in [2.75, 3.05) is 18.2 Å². The molecule has 0 heterocycles. The molecule has 9 heteroatoms. The molecule has 0 aliphatic heterocycles. The number of carbonyl (C=O) groups is 2. The Morgan fingerprint density at radius 1 is 1.25 bits per heavy atom. The fraction of sp³-hybridized carbons (Fsp3) is 0.263. The quantitative estimate of drug-likeness (QED) is 0.310. The number of methoxy groups -OCH3 is 1. The third kappa shape index (κ3) is 5.71. The molecule has 0 aliphatic rings. The van der Waals surface area contributed by atoms with E-state index in [1.807, 2.05) is 31.2 Å². The highest BCUT2D eigenvalue weighted by Gasteiger charge is 2.22. The van der Waals surface area contributed by atoms with Gasteiger partial charge >= 0.3 is 5.97 Å². The predicted octanol–water partition coefficient (Wildman–Crippen LogP) is 3.57. The molecule has 0 saturated carbocycles. The minimum Gasteiger partial charge on any atom is -0.496 e. The molecule has 0 unspecified atom stereocenters. The Kier molecular flexibility index (Phi) is 7.39. The number of hydrogen-bond acceptors (Lipinski definition) is 7. The van der Waals surface area contributed by atoms with Crippen LogP contribution in [0.25, 0.3) is 0 Å². The van der Waals surface area contributed by atoms with Crippen LogP contribution in [0.15, 0.2) is 47.4 Å². The molecule has 28 heavy (non-hydrogen) atoms. The topological polar surface area (TPSA) is 108 Å². The molecule has 148 valence electrons. The molecule has 0 spiro atoms. The van der Waals surface area contributed by atoms with Crippen molar-refractivity contribution >= 4 is 35.0 Å². The first-order valence-corrected chi connectivity index (χ1v) is 9.31. The first kappa shape index (κ1) is 21.2. The van der Waals surface area contributed by atoms with Crippen molar-refractivity contribution in [3.05, 3.63) is 58.1 Å². The second kappa shape index (κ2) is 9.75. The Bertz CT molecular complexity index is 886. The average Bonchev–Trinajstić information content (AvgIpc) is 2.67. The molecule has 8 nitrogen and oxygen atoms in total. The number of benzene rings is 2. The maximum atomic E-state index is 12.3. The number of carbonyl (C=O) groups excluding carboxylic acids is 2. The highest BCUT2D eigenvalue weighted by atomic mass is 32.2. The van der Waals surface area contributed by atoms with Crippen molar-refractivity contribution in [2.24, 2.45) is 0 Å². The highest BCUT2D eigenvalue weighted by molar-refractivity contribution is 8.00. The highest BCUT2D eigenvalue weighted by Crippen LogP contribution is 2.29. The molecular formula is C19H20N2O6S. The van der Waals surface area contributed by atoms with E-state index in [1.165, 1.54) is 44.0 Å². The van der Waals surface area contributed by atoms with Crippen molar-refractivity contribution in [1.82, 2.24) is 0 Å². The van der Waals surface area contributed by atoms with Crippen LogP contribution in [0, 0.1) is 17.0 Å². The largest absolute Gasteiger partial charge is 0.496 e. The molecule has 0 aromatic heterocycles. The summed E-state index contributed by atoms with van der Waals surface area (Å²) in [7, 11) is 1.38. The van der Waals surface area contributed by atoms with Crippen LogP contribution in [0.2, 0.25) is 0 Å². The zero-order chi connectivity index (χ0) is 20.7. The summed E-state index contributed by atoms with van der Waals surface area (Å²) in [5, 5.41) is 13.6. The lowest BCUT2D eigenvalue weighted by molar-refractivity contribution is -0.384. The molecule has 0 radical (unpaired) electrons. The average molecular weight is 404 g/mol. The van der Waals surface area contributed by atoms with Gasteiger partial charge in [-0.15, -0.1) is 11.8 Å². The molecule has 0 saturated heterocycles. The van der Waals surface area contributed by atoms with Gasteiger partial charge in [0.15, 0.2) is 6.10 Å². The first-order valence-electron chi connectivity index (χ1n) is 8.33. The van der Waals surface area contributed by atoms with Crippen LogP contribution in [0.1, 0.15) is 12.5 Å². The fourth-order valence-electron chi connectivity index (χ4n) is 2.27. The van der Waals surface area contributed by atoms with E-state index in [9.17, 15) is 19.7 Å². The number of nitro groups is 1. The summed E-state index contributed by atoms with van der Waals surface area (Å²) in [6.45, 7) is 3.34. The zero-order valence-electron chi connectivity index (χ0n) is 15.6. The number of nitrogens with one attached hydrogen (secondary N) is 1. The summed E-state index contributed by atoms with van der Waals surface area (Å²) in [5.74, 6) is -0.884. The molecule has 1 N–H and O–H groups in total. The van der Waals surface area contributed by atoms with Gasteiger partial charge in [-0.2, -0.15) is 0 Å². The van der Waals surface area contributed by atoms with Crippen LogP contribution in [-0.2, 0) is 14.3 Å². The minimum atomic E-state index is -1.10. The number of amides is 1. The number of rotatable bonds is 8. The molecule has 0 bridgehead atoms. The third-order valence-electron chi connectivity index (χ3n) is 3.78. The van der Waals surface area contributed by atoms with E-state index in [2.05, 4.69) is 5.32 Å².